The van der Waals surface area contributed by atoms with E-state index in [0.29, 0.717) is 18.0 Å². The van der Waals surface area contributed by atoms with Crippen molar-refractivity contribution in [1.82, 2.24) is 14.3 Å². The first-order chi connectivity index (χ1) is 11.1. The molecule has 2 heterocycles. The number of carbonyl (C=O) groups is 1. The lowest BCUT2D eigenvalue weighted by molar-refractivity contribution is -0.121. The molecule has 0 aliphatic rings. The minimum absolute atomic E-state index is 0.0408. The van der Waals surface area contributed by atoms with Crippen LogP contribution in [0.3, 0.4) is 0 Å². The fourth-order valence-electron chi connectivity index (χ4n) is 2.77. The molecule has 0 bridgehead atoms. The normalized spacial score (nSPS) is 11.4. The molecular weight excluding hydrogens is 290 g/mol. The Labute approximate surface area is 134 Å². The monoisotopic (exact) mass is 311 g/mol. The highest BCUT2D eigenvalue weighted by Crippen LogP contribution is 2.14. The number of amides is 1. The molecule has 2 aromatic heterocycles. The van der Waals surface area contributed by atoms with Gasteiger partial charge in [0.05, 0.1) is 11.0 Å². The van der Waals surface area contributed by atoms with Crippen molar-refractivity contribution in [2.24, 2.45) is 5.92 Å². The molecule has 0 saturated carbocycles. The molecule has 5 nitrogen and oxygen atoms in total. The number of nitrogens with one attached hydrogen (secondary N) is 1. The van der Waals surface area contributed by atoms with Gasteiger partial charge in [0, 0.05) is 12.7 Å². The standard InChI is InChI=1S/C18H21N3O2/c1-13(2)9-10-19-17(22)12-21-15-7-4-3-6-14(15)20-11-5-8-16(20)18(21)23/h3-8,11,13H,9-10,12H2,1-2H3,(H,19,22). The Morgan fingerprint density at radius 1 is 1.09 bits per heavy atom. The zero-order chi connectivity index (χ0) is 16.4. The minimum Gasteiger partial charge on any atom is -0.355 e. The third-order valence-electron chi connectivity index (χ3n) is 3.99. The Balaban J connectivity index is 1.97. The molecular formula is C18H21N3O2. The van der Waals surface area contributed by atoms with Crippen molar-refractivity contribution >= 4 is 22.5 Å². The maximum atomic E-state index is 12.7. The average molecular weight is 311 g/mol. The first-order valence-corrected chi connectivity index (χ1v) is 7.93. The van der Waals surface area contributed by atoms with E-state index in [0.717, 1.165) is 17.5 Å². The summed E-state index contributed by atoms with van der Waals surface area (Å²) in [5.41, 5.74) is 2.12. The summed E-state index contributed by atoms with van der Waals surface area (Å²) >= 11 is 0. The number of rotatable bonds is 5. The molecule has 0 radical (unpaired) electrons. The number of nitrogens with zero attached hydrogens (tertiary/aromatic N) is 2. The van der Waals surface area contributed by atoms with E-state index in [1.165, 1.54) is 0 Å². The number of aromatic nitrogens is 2. The molecule has 0 saturated heterocycles. The molecule has 0 spiro atoms. The van der Waals surface area contributed by atoms with Crippen LogP contribution in [0.5, 0.6) is 0 Å². The molecule has 5 heteroatoms. The highest BCUT2D eigenvalue weighted by Gasteiger charge is 2.12. The molecule has 120 valence electrons. The minimum atomic E-state index is -0.146. The summed E-state index contributed by atoms with van der Waals surface area (Å²) in [4.78, 5) is 24.9. The van der Waals surface area contributed by atoms with E-state index in [1.54, 1.807) is 10.6 Å². The Morgan fingerprint density at radius 2 is 1.78 bits per heavy atom. The van der Waals surface area contributed by atoms with Crippen molar-refractivity contribution in [3.8, 4) is 0 Å². The molecule has 1 N–H and O–H groups in total. The van der Waals surface area contributed by atoms with E-state index < -0.39 is 0 Å². The van der Waals surface area contributed by atoms with Gasteiger partial charge < -0.3 is 9.72 Å². The van der Waals surface area contributed by atoms with Crippen molar-refractivity contribution in [3.63, 3.8) is 0 Å². The molecule has 3 aromatic rings. The molecule has 0 atom stereocenters. The quantitative estimate of drug-likeness (QED) is 0.787. The molecule has 1 aromatic carbocycles. The summed E-state index contributed by atoms with van der Waals surface area (Å²) in [6.07, 6.45) is 2.80. The van der Waals surface area contributed by atoms with E-state index in [9.17, 15) is 9.59 Å². The van der Waals surface area contributed by atoms with Gasteiger partial charge in [-0.25, -0.2) is 0 Å². The smallest absolute Gasteiger partial charge is 0.275 e. The second-order valence-corrected chi connectivity index (χ2v) is 6.18. The summed E-state index contributed by atoms with van der Waals surface area (Å²) in [6, 6.07) is 11.3. The Kier molecular flexibility index (Phi) is 4.19. The number of para-hydroxylation sites is 2. The van der Waals surface area contributed by atoms with Crippen molar-refractivity contribution in [1.29, 1.82) is 0 Å². The lowest BCUT2D eigenvalue weighted by Crippen LogP contribution is -2.34. The lowest BCUT2D eigenvalue weighted by atomic mass is 10.1. The summed E-state index contributed by atoms with van der Waals surface area (Å²) in [6.45, 7) is 4.91. The van der Waals surface area contributed by atoms with E-state index >= 15 is 0 Å². The third-order valence-corrected chi connectivity index (χ3v) is 3.99. The summed E-state index contributed by atoms with van der Waals surface area (Å²) in [7, 11) is 0. The van der Waals surface area contributed by atoms with Gasteiger partial charge in [-0.2, -0.15) is 0 Å². The van der Waals surface area contributed by atoms with Crippen LogP contribution in [0, 0.1) is 5.92 Å². The highest BCUT2D eigenvalue weighted by atomic mass is 16.2. The van der Waals surface area contributed by atoms with Crippen molar-refractivity contribution in [2.75, 3.05) is 6.54 Å². The number of carbonyl (C=O) groups excluding carboxylic acids is 1. The van der Waals surface area contributed by atoms with Crippen LogP contribution in [0.2, 0.25) is 0 Å². The van der Waals surface area contributed by atoms with Crippen LogP contribution in [-0.2, 0) is 11.3 Å². The predicted octanol–water partition coefficient (Wildman–Crippen LogP) is 2.42. The van der Waals surface area contributed by atoms with Crippen molar-refractivity contribution in [2.45, 2.75) is 26.8 Å². The van der Waals surface area contributed by atoms with Gasteiger partial charge >= 0.3 is 0 Å². The predicted molar refractivity (Wildman–Crippen MR) is 91.6 cm³/mol. The molecule has 0 aliphatic carbocycles. The number of fused-ring (bicyclic) bond motifs is 3. The van der Waals surface area contributed by atoms with Gasteiger partial charge in [-0.05, 0) is 36.6 Å². The second-order valence-electron chi connectivity index (χ2n) is 6.18. The largest absolute Gasteiger partial charge is 0.355 e. The maximum Gasteiger partial charge on any atom is 0.275 e. The molecule has 0 aliphatic heterocycles. The van der Waals surface area contributed by atoms with E-state index in [2.05, 4.69) is 19.2 Å². The third kappa shape index (κ3) is 2.99. The molecule has 23 heavy (non-hydrogen) atoms. The molecule has 1 amide bonds. The van der Waals surface area contributed by atoms with Crippen LogP contribution in [0.15, 0.2) is 47.4 Å². The van der Waals surface area contributed by atoms with Gasteiger partial charge in [0.25, 0.3) is 5.56 Å². The van der Waals surface area contributed by atoms with Crippen LogP contribution in [0.4, 0.5) is 0 Å². The Bertz CT molecular complexity index is 905. The van der Waals surface area contributed by atoms with Crippen LogP contribution in [0.25, 0.3) is 16.6 Å². The van der Waals surface area contributed by atoms with E-state index in [-0.39, 0.29) is 18.0 Å². The van der Waals surface area contributed by atoms with Gasteiger partial charge in [-0.1, -0.05) is 26.0 Å². The second kappa shape index (κ2) is 6.28. The van der Waals surface area contributed by atoms with Gasteiger partial charge in [-0.3, -0.25) is 14.2 Å². The Morgan fingerprint density at radius 3 is 2.52 bits per heavy atom. The maximum absolute atomic E-state index is 12.7. The van der Waals surface area contributed by atoms with E-state index in [1.807, 2.05) is 40.9 Å². The fourth-order valence-corrected chi connectivity index (χ4v) is 2.77. The average Bonchev–Trinajstić information content (AvgIpc) is 3.01. The van der Waals surface area contributed by atoms with Crippen LogP contribution in [-0.4, -0.2) is 21.4 Å². The lowest BCUT2D eigenvalue weighted by Gasteiger charge is -2.13. The van der Waals surface area contributed by atoms with Gasteiger partial charge in [0.1, 0.15) is 12.1 Å². The highest BCUT2D eigenvalue weighted by molar-refractivity contribution is 5.82. The van der Waals surface area contributed by atoms with E-state index in [4.69, 9.17) is 0 Å². The molecule has 0 unspecified atom stereocenters. The van der Waals surface area contributed by atoms with Crippen LogP contribution >= 0.6 is 0 Å². The topological polar surface area (TPSA) is 55.5 Å². The fraction of sp³-hybridized carbons (Fsp3) is 0.333. The first kappa shape index (κ1) is 15.3. The zero-order valence-corrected chi connectivity index (χ0v) is 13.5. The number of benzene rings is 1. The van der Waals surface area contributed by atoms with Gasteiger partial charge in [0.2, 0.25) is 5.91 Å². The van der Waals surface area contributed by atoms with Crippen LogP contribution < -0.4 is 10.9 Å². The SMILES string of the molecule is CC(C)CCNC(=O)Cn1c(=O)c2cccn2c2ccccc21. The molecule has 0 fully saturated rings. The van der Waals surface area contributed by atoms with Crippen LogP contribution in [0.1, 0.15) is 20.3 Å². The first-order valence-electron chi connectivity index (χ1n) is 7.93. The molecule has 3 rings (SSSR count). The summed E-state index contributed by atoms with van der Waals surface area (Å²) in [5, 5.41) is 2.89. The summed E-state index contributed by atoms with van der Waals surface area (Å²) in [5.74, 6) is 0.407. The van der Waals surface area contributed by atoms with Crippen molar-refractivity contribution < 1.29 is 4.79 Å². The van der Waals surface area contributed by atoms with Gasteiger partial charge in [0.15, 0.2) is 0 Å². The zero-order valence-electron chi connectivity index (χ0n) is 13.5. The van der Waals surface area contributed by atoms with Crippen molar-refractivity contribution in [3.05, 3.63) is 52.9 Å². The van der Waals surface area contributed by atoms with Gasteiger partial charge in [-0.15, -0.1) is 0 Å². The Hall–Kier alpha value is -2.56. The number of hydrogen-bond acceptors (Lipinski definition) is 2. The summed E-state index contributed by atoms with van der Waals surface area (Å²) < 4.78 is 3.42. The number of hydrogen-bond donors (Lipinski definition) is 1.